The van der Waals surface area contributed by atoms with Crippen LogP contribution in [-0.2, 0) is 12.8 Å². The fourth-order valence-corrected chi connectivity index (χ4v) is 6.11. The average molecular weight is 464 g/mol. The second-order valence-electron chi connectivity index (χ2n) is 8.60. The maximum atomic E-state index is 6.35. The Morgan fingerprint density at radius 2 is 1.84 bits per heavy atom. The van der Waals surface area contributed by atoms with Gasteiger partial charge in [-0.15, -0.1) is 0 Å². The van der Waals surface area contributed by atoms with E-state index >= 15 is 0 Å². The van der Waals surface area contributed by atoms with Gasteiger partial charge in [-0.05, 0) is 48.8 Å². The number of halogens is 1. The number of nitrogen functional groups attached to an aromatic ring is 1. The second kappa shape index (κ2) is 7.64. The minimum absolute atomic E-state index is 0.326. The summed E-state index contributed by atoms with van der Waals surface area (Å²) in [4.78, 5) is 22.2. The molecule has 1 fully saturated rings. The van der Waals surface area contributed by atoms with Gasteiger partial charge in [0, 0.05) is 54.7 Å². The molecule has 0 atom stereocenters. The summed E-state index contributed by atoms with van der Waals surface area (Å²) < 4.78 is 2.07. The van der Waals surface area contributed by atoms with Crippen molar-refractivity contribution in [2.75, 3.05) is 23.7 Å². The van der Waals surface area contributed by atoms with Crippen LogP contribution in [-0.4, -0.2) is 37.4 Å². The van der Waals surface area contributed by atoms with Crippen LogP contribution in [0.15, 0.2) is 59.0 Å². The zero-order valence-electron chi connectivity index (χ0n) is 17.4. The molecule has 4 aromatic heterocycles. The van der Waals surface area contributed by atoms with Gasteiger partial charge >= 0.3 is 0 Å². The Bertz CT molecular complexity index is 1290. The molecule has 2 N–H and O–H groups in total. The fraction of sp³-hybridized carbons (Fsp3) is 0.304. The zero-order chi connectivity index (χ0) is 21.7. The third kappa shape index (κ3) is 3.29. The third-order valence-electron chi connectivity index (χ3n) is 6.67. The molecule has 2 aliphatic rings. The molecular weight excluding hydrogens is 442 g/mol. The van der Waals surface area contributed by atoms with Crippen molar-refractivity contribution < 1.29 is 0 Å². The quantitative estimate of drug-likeness (QED) is 0.485. The Morgan fingerprint density at radius 1 is 0.969 bits per heavy atom. The summed E-state index contributed by atoms with van der Waals surface area (Å²) in [5.74, 6) is 1.26. The number of aromatic nitrogens is 5. The van der Waals surface area contributed by atoms with E-state index in [-0.39, 0.29) is 0 Å². The lowest BCUT2D eigenvalue weighted by Crippen LogP contribution is -2.41. The van der Waals surface area contributed by atoms with Crippen molar-refractivity contribution in [3.8, 4) is 0 Å². The van der Waals surface area contributed by atoms with Gasteiger partial charge in [-0.3, -0.25) is 9.38 Å². The highest BCUT2D eigenvalue weighted by atomic mass is 35.5. The van der Waals surface area contributed by atoms with Crippen LogP contribution in [0.4, 0.5) is 11.8 Å². The van der Waals surface area contributed by atoms with Gasteiger partial charge in [-0.1, -0.05) is 29.4 Å². The second-order valence-corrected chi connectivity index (χ2v) is 10.1. The molecule has 4 aromatic rings. The van der Waals surface area contributed by atoms with Crippen molar-refractivity contribution in [3.05, 3.63) is 65.5 Å². The summed E-state index contributed by atoms with van der Waals surface area (Å²) in [6, 6.07) is 6.15. The highest BCUT2D eigenvalue weighted by Gasteiger charge is 2.41. The highest BCUT2D eigenvalue weighted by Crippen LogP contribution is 2.44. The largest absolute Gasteiger partial charge is 0.382 e. The van der Waals surface area contributed by atoms with E-state index in [0.717, 1.165) is 60.2 Å². The summed E-state index contributed by atoms with van der Waals surface area (Å²) in [5, 5.41) is 0.458. The number of nitrogens with zero attached hydrogens (tertiary/aromatic N) is 6. The van der Waals surface area contributed by atoms with Gasteiger partial charge in [0.1, 0.15) is 5.82 Å². The number of piperidine rings is 1. The van der Waals surface area contributed by atoms with E-state index in [1.54, 1.807) is 6.20 Å². The Kier molecular flexibility index (Phi) is 4.73. The first-order valence-corrected chi connectivity index (χ1v) is 11.9. The molecule has 0 amide bonds. The lowest BCUT2D eigenvalue weighted by Gasteiger charge is -2.39. The molecule has 9 heteroatoms. The van der Waals surface area contributed by atoms with Crippen molar-refractivity contribution in [2.24, 2.45) is 5.41 Å². The normalized spacial score (nSPS) is 17.2. The molecule has 1 aliphatic carbocycles. The van der Waals surface area contributed by atoms with E-state index in [1.165, 1.54) is 23.0 Å². The van der Waals surface area contributed by atoms with E-state index in [1.807, 2.05) is 30.9 Å². The monoisotopic (exact) mass is 463 g/mol. The molecule has 6 rings (SSSR count). The first-order chi connectivity index (χ1) is 15.6. The van der Waals surface area contributed by atoms with Crippen molar-refractivity contribution in [1.82, 2.24) is 24.3 Å². The van der Waals surface area contributed by atoms with Gasteiger partial charge in [0.2, 0.25) is 5.95 Å². The SMILES string of the molecule is Nc1nccc(Sc2cnc(N3CCC4(CC3)Cc3cccnc3C4)n3ccnc23)c1Cl. The maximum Gasteiger partial charge on any atom is 0.211 e. The van der Waals surface area contributed by atoms with Crippen LogP contribution >= 0.6 is 23.4 Å². The number of hydrogen-bond donors (Lipinski definition) is 1. The topological polar surface area (TPSA) is 85.2 Å². The van der Waals surface area contributed by atoms with Gasteiger partial charge < -0.3 is 10.6 Å². The van der Waals surface area contributed by atoms with E-state index in [9.17, 15) is 0 Å². The molecular formula is C23H22ClN7S. The number of pyridine rings is 2. The van der Waals surface area contributed by atoms with Crippen LogP contribution in [0, 0.1) is 5.41 Å². The predicted molar refractivity (Wildman–Crippen MR) is 126 cm³/mol. The molecule has 0 aromatic carbocycles. The molecule has 5 heterocycles. The van der Waals surface area contributed by atoms with Gasteiger partial charge in [0.25, 0.3) is 0 Å². The van der Waals surface area contributed by atoms with Crippen molar-refractivity contribution in [3.63, 3.8) is 0 Å². The summed E-state index contributed by atoms with van der Waals surface area (Å²) >= 11 is 7.85. The Hall–Kier alpha value is -2.84. The number of rotatable bonds is 3. The number of anilines is 2. The van der Waals surface area contributed by atoms with Gasteiger partial charge in [0.05, 0.1) is 9.92 Å². The number of hydrogen-bond acceptors (Lipinski definition) is 7. The lowest BCUT2D eigenvalue weighted by molar-refractivity contribution is 0.230. The average Bonchev–Trinajstić information content (AvgIpc) is 3.43. The Balaban J connectivity index is 1.24. The number of fused-ring (bicyclic) bond motifs is 2. The standard InChI is InChI=1S/C23H22ClN7S/c24-19-17(3-7-27-20(19)25)32-18-14-29-22(31-11-8-28-21(18)31)30-9-4-23(5-10-30)12-15-2-1-6-26-16(15)13-23/h1-3,6-8,11,14H,4-5,9-10,12-13H2,(H2,25,27). The first kappa shape index (κ1) is 19.8. The van der Waals surface area contributed by atoms with Crippen LogP contribution in [0.5, 0.6) is 0 Å². The number of nitrogens with two attached hydrogens (primary N) is 1. The third-order valence-corrected chi connectivity index (χ3v) is 8.25. The summed E-state index contributed by atoms with van der Waals surface area (Å²) in [5.41, 5.74) is 9.78. The predicted octanol–water partition coefficient (Wildman–Crippen LogP) is 4.29. The molecule has 0 unspecified atom stereocenters. The van der Waals surface area contributed by atoms with Crippen LogP contribution in [0.25, 0.3) is 5.65 Å². The van der Waals surface area contributed by atoms with Gasteiger partial charge in [0.15, 0.2) is 5.65 Å². The van der Waals surface area contributed by atoms with E-state index in [4.69, 9.17) is 22.3 Å². The van der Waals surface area contributed by atoms with Crippen molar-refractivity contribution >= 4 is 40.8 Å². The summed E-state index contributed by atoms with van der Waals surface area (Å²) in [6.45, 7) is 1.96. The molecule has 1 saturated heterocycles. The summed E-state index contributed by atoms with van der Waals surface area (Å²) in [7, 11) is 0. The van der Waals surface area contributed by atoms with Crippen LogP contribution in [0.1, 0.15) is 24.1 Å². The van der Waals surface area contributed by atoms with E-state index < -0.39 is 0 Å². The molecule has 0 radical (unpaired) electrons. The number of imidazole rings is 1. The maximum absolute atomic E-state index is 6.35. The highest BCUT2D eigenvalue weighted by molar-refractivity contribution is 7.99. The molecule has 1 aliphatic heterocycles. The van der Waals surface area contributed by atoms with Crippen LogP contribution in [0.3, 0.4) is 0 Å². The minimum Gasteiger partial charge on any atom is -0.382 e. The van der Waals surface area contributed by atoms with Crippen molar-refractivity contribution in [2.45, 2.75) is 35.5 Å². The Labute approximate surface area is 195 Å². The molecule has 0 saturated carbocycles. The molecule has 32 heavy (non-hydrogen) atoms. The van der Waals surface area contributed by atoms with Gasteiger partial charge in [-0.25, -0.2) is 15.0 Å². The first-order valence-electron chi connectivity index (χ1n) is 10.7. The molecule has 1 spiro atoms. The minimum atomic E-state index is 0.326. The summed E-state index contributed by atoms with van der Waals surface area (Å²) in [6.07, 6.45) is 13.8. The van der Waals surface area contributed by atoms with Gasteiger partial charge in [-0.2, -0.15) is 0 Å². The molecule has 162 valence electrons. The Morgan fingerprint density at radius 3 is 2.69 bits per heavy atom. The zero-order valence-corrected chi connectivity index (χ0v) is 19.0. The van der Waals surface area contributed by atoms with Crippen molar-refractivity contribution in [1.29, 1.82) is 0 Å². The molecule has 7 nitrogen and oxygen atoms in total. The smallest absolute Gasteiger partial charge is 0.211 e. The van der Waals surface area contributed by atoms with E-state index in [0.29, 0.717) is 16.3 Å². The van der Waals surface area contributed by atoms with Crippen LogP contribution < -0.4 is 10.6 Å². The fourth-order valence-electron chi connectivity index (χ4n) is 4.98. The molecule has 0 bridgehead atoms. The van der Waals surface area contributed by atoms with Crippen LogP contribution in [0.2, 0.25) is 5.02 Å². The lowest BCUT2D eigenvalue weighted by atomic mass is 9.76. The van der Waals surface area contributed by atoms with E-state index in [2.05, 4.69) is 36.4 Å².